The number of aromatic nitrogens is 2. The molecule has 2 saturated heterocycles. The fourth-order valence-electron chi connectivity index (χ4n) is 4.02. The van der Waals surface area contributed by atoms with E-state index in [1.165, 1.54) is 0 Å². The molecule has 0 saturated carbocycles. The molecular weight excluding hydrogens is 304 g/mol. The van der Waals surface area contributed by atoms with Gasteiger partial charge in [0.15, 0.2) is 0 Å². The Kier molecular flexibility index (Phi) is 4.00. The van der Waals surface area contributed by atoms with Crippen molar-refractivity contribution in [3.63, 3.8) is 0 Å². The summed E-state index contributed by atoms with van der Waals surface area (Å²) < 4.78 is 6.13. The van der Waals surface area contributed by atoms with Crippen LogP contribution in [0.1, 0.15) is 31.4 Å². The topological polar surface area (TPSA) is 67.3 Å². The van der Waals surface area contributed by atoms with E-state index in [0.29, 0.717) is 12.5 Å². The lowest BCUT2D eigenvalue weighted by Crippen LogP contribution is -2.38. The van der Waals surface area contributed by atoms with Gasteiger partial charge in [-0.05, 0) is 38.3 Å². The molecule has 6 nitrogen and oxygen atoms in total. The van der Waals surface area contributed by atoms with Gasteiger partial charge in [0.1, 0.15) is 5.82 Å². The van der Waals surface area contributed by atoms with Crippen molar-refractivity contribution < 1.29 is 9.53 Å². The summed E-state index contributed by atoms with van der Waals surface area (Å²) in [5.41, 5.74) is 0.725. The first-order chi connectivity index (χ1) is 11.6. The second-order valence-electron chi connectivity index (χ2n) is 7.25. The summed E-state index contributed by atoms with van der Waals surface area (Å²) in [5, 5.41) is 11.6. The number of likely N-dealkylation sites (tertiary alicyclic amines) is 1. The van der Waals surface area contributed by atoms with E-state index < -0.39 is 0 Å². The molecule has 2 atom stereocenters. The number of nitrogens with one attached hydrogen (secondary N) is 1. The molecule has 3 heterocycles. The minimum atomic E-state index is -0.183. The second-order valence-corrected chi connectivity index (χ2v) is 7.25. The number of nitrogens with zero attached hydrogens (tertiary/aromatic N) is 3. The maximum atomic E-state index is 12.6. The minimum absolute atomic E-state index is 0.151. The highest BCUT2D eigenvalue weighted by atomic mass is 16.5. The van der Waals surface area contributed by atoms with Crippen molar-refractivity contribution in [2.45, 2.75) is 44.2 Å². The van der Waals surface area contributed by atoms with E-state index in [1.54, 1.807) is 0 Å². The lowest BCUT2D eigenvalue weighted by Gasteiger charge is -2.25. The highest BCUT2D eigenvalue weighted by molar-refractivity contribution is 5.80. The Labute approximate surface area is 142 Å². The minimum Gasteiger partial charge on any atom is -0.371 e. The normalized spacial score (nSPS) is 29.7. The lowest BCUT2D eigenvalue weighted by molar-refractivity contribution is -0.135. The van der Waals surface area contributed by atoms with Gasteiger partial charge in [-0.2, -0.15) is 5.10 Å². The van der Waals surface area contributed by atoms with Crippen molar-refractivity contribution in [3.05, 3.63) is 30.0 Å². The van der Waals surface area contributed by atoms with Crippen LogP contribution >= 0.6 is 0 Å². The van der Waals surface area contributed by atoms with Crippen LogP contribution in [0.5, 0.6) is 0 Å². The van der Waals surface area contributed by atoms with Gasteiger partial charge in [0, 0.05) is 25.4 Å². The Morgan fingerprint density at radius 2 is 2.17 bits per heavy atom. The van der Waals surface area contributed by atoms with Crippen LogP contribution in [0.2, 0.25) is 0 Å². The molecule has 4 rings (SSSR count). The Hall–Kier alpha value is -1.95. The lowest BCUT2D eigenvalue weighted by atomic mass is 9.97. The number of aryl methyl sites for hydroxylation is 1. The number of hydrogen-bond donors (Lipinski definition) is 1. The van der Waals surface area contributed by atoms with Crippen molar-refractivity contribution in [2.24, 2.45) is 5.92 Å². The van der Waals surface area contributed by atoms with Gasteiger partial charge >= 0.3 is 0 Å². The Bertz CT molecular complexity index is 637. The van der Waals surface area contributed by atoms with Gasteiger partial charge in [0.2, 0.25) is 5.91 Å². The Morgan fingerprint density at radius 1 is 1.33 bits per heavy atom. The molecule has 1 N–H and O–H groups in total. The molecular formula is C18H24N4O2. The maximum absolute atomic E-state index is 12.6. The van der Waals surface area contributed by atoms with E-state index >= 15 is 0 Å². The number of amides is 1. The molecule has 6 heteroatoms. The molecule has 2 aliphatic heterocycles. The number of carbonyl (C=O) groups excluding carboxylic acids is 1. The molecule has 1 spiro atoms. The summed E-state index contributed by atoms with van der Waals surface area (Å²) in [5.74, 6) is 1.23. The van der Waals surface area contributed by atoms with E-state index in [9.17, 15) is 4.79 Å². The summed E-state index contributed by atoms with van der Waals surface area (Å²) in [6.45, 7) is 4.11. The molecule has 1 aliphatic carbocycles. The molecule has 24 heavy (non-hydrogen) atoms. The SMILES string of the molecule is Cc1ccc(NC2COC3(CCN(C(=O)C4CC=CC4)C3)C2)nn1. The smallest absolute Gasteiger partial charge is 0.226 e. The van der Waals surface area contributed by atoms with Gasteiger partial charge in [0.05, 0.1) is 23.9 Å². The molecule has 2 unspecified atom stereocenters. The summed E-state index contributed by atoms with van der Waals surface area (Å²) in [6.07, 6.45) is 7.84. The number of anilines is 1. The number of ether oxygens (including phenoxy) is 1. The number of allylic oxidation sites excluding steroid dienone is 2. The van der Waals surface area contributed by atoms with Crippen LogP contribution in [0, 0.1) is 12.8 Å². The predicted molar refractivity (Wildman–Crippen MR) is 90.5 cm³/mol. The van der Waals surface area contributed by atoms with Crippen molar-refractivity contribution >= 4 is 11.7 Å². The van der Waals surface area contributed by atoms with E-state index in [0.717, 1.165) is 50.3 Å². The van der Waals surface area contributed by atoms with Gasteiger partial charge in [-0.25, -0.2) is 0 Å². The van der Waals surface area contributed by atoms with Gasteiger partial charge in [-0.3, -0.25) is 4.79 Å². The first kappa shape index (κ1) is 15.6. The molecule has 0 radical (unpaired) electrons. The molecule has 128 valence electrons. The van der Waals surface area contributed by atoms with E-state index in [4.69, 9.17) is 4.74 Å². The van der Waals surface area contributed by atoms with Crippen LogP contribution in [0.15, 0.2) is 24.3 Å². The number of rotatable bonds is 3. The van der Waals surface area contributed by atoms with Crippen LogP contribution in [-0.4, -0.2) is 52.3 Å². The predicted octanol–water partition coefficient (Wildman–Crippen LogP) is 1.92. The maximum Gasteiger partial charge on any atom is 0.226 e. The van der Waals surface area contributed by atoms with Crippen LogP contribution in [0.25, 0.3) is 0 Å². The van der Waals surface area contributed by atoms with Crippen molar-refractivity contribution in [2.75, 3.05) is 25.0 Å². The van der Waals surface area contributed by atoms with E-state index in [2.05, 4.69) is 27.7 Å². The summed E-state index contributed by atoms with van der Waals surface area (Å²) in [4.78, 5) is 14.6. The summed E-state index contributed by atoms with van der Waals surface area (Å²) in [7, 11) is 0. The molecule has 3 aliphatic rings. The van der Waals surface area contributed by atoms with Crippen molar-refractivity contribution in [1.82, 2.24) is 15.1 Å². The van der Waals surface area contributed by atoms with Crippen LogP contribution in [0.4, 0.5) is 5.82 Å². The average Bonchev–Trinajstić information content (AvgIpc) is 3.32. The average molecular weight is 328 g/mol. The molecule has 0 aromatic carbocycles. The molecule has 1 aromatic heterocycles. The van der Waals surface area contributed by atoms with E-state index in [1.807, 2.05) is 24.0 Å². The molecule has 1 aromatic rings. The fourth-order valence-corrected chi connectivity index (χ4v) is 4.02. The monoisotopic (exact) mass is 328 g/mol. The molecule has 0 bridgehead atoms. The third kappa shape index (κ3) is 3.02. The van der Waals surface area contributed by atoms with Gasteiger partial charge in [-0.15, -0.1) is 5.10 Å². The fraction of sp³-hybridized carbons (Fsp3) is 0.611. The van der Waals surface area contributed by atoms with Gasteiger partial charge < -0.3 is 15.0 Å². The number of hydrogen-bond acceptors (Lipinski definition) is 5. The summed E-state index contributed by atoms with van der Waals surface area (Å²) >= 11 is 0. The highest BCUT2D eigenvalue weighted by Gasteiger charge is 2.47. The zero-order valence-corrected chi connectivity index (χ0v) is 14.1. The Morgan fingerprint density at radius 3 is 2.92 bits per heavy atom. The van der Waals surface area contributed by atoms with Crippen LogP contribution in [-0.2, 0) is 9.53 Å². The first-order valence-electron chi connectivity index (χ1n) is 8.78. The van der Waals surface area contributed by atoms with Crippen molar-refractivity contribution in [1.29, 1.82) is 0 Å². The zero-order chi connectivity index (χ0) is 16.6. The van der Waals surface area contributed by atoms with Crippen molar-refractivity contribution in [3.8, 4) is 0 Å². The largest absolute Gasteiger partial charge is 0.371 e. The quantitative estimate of drug-likeness (QED) is 0.859. The summed E-state index contributed by atoms with van der Waals surface area (Å²) in [6, 6.07) is 4.13. The molecule has 2 fully saturated rings. The third-order valence-electron chi connectivity index (χ3n) is 5.34. The van der Waals surface area contributed by atoms with Crippen LogP contribution in [0.3, 0.4) is 0 Å². The Balaban J connectivity index is 1.34. The van der Waals surface area contributed by atoms with E-state index in [-0.39, 0.29) is 17.6 Å². The first-order valence-corrected chi connectivity index (χ1v) is 8.78. The second kappa shape index (κ2) is 6.16. The number of carbonyl (C=O) groups is 1. The standard InChI is InChI=1S/C18H24N4O2/c1-13-6-7-16(21-20-13)19-15-10-18(24-11-15)8-9-22(12-18)17(23)14-4-2-3-5-14/h2-3,6-7,14-15H,4-5,8-12H2,1H3,(H,19,21). The molecule has 1 amide bonds. The zero-order valence-electron chi connectivity index (χ0n) is 14.1. The van der Waals surface area contributed by atoms with Gasteiger partial charge in [0.25, 0.3) is 0 Å². The van der Waals surface area contributed by atoms with Crippen LogP contribution < -0.4 is 5.32 Å². The van der Waals surface area contributed by atoms with Gasteiger partial charge in [-0.1, -0.05) is 12.2 Å². The third-order valence-corrected chi connectivity index (χ3v) is 5.34. The highest BCUT2D eigenvalue weighted by Crippen LogP contribution is 2.37.